The number of halogens is 2. The maximum absolute atomic E-state index is 14.3. The van der Waals surface area contributed by atoms with Crippen molar-refractivity contribution in [3.05, 3.63) is 66.1 Å². The first-order valence-corrected chi connectivity index (χ1v) is 11.7. The molecule has 0 bridgehead atoms. The molecule has 0 fully saturated rings. The lowest BCUT2D eigenvalue weighted by molar-refractivity contribution is 0.439. The fraction of sp³-hybridized carbons (Fsp3) is 0.182. The molecule has 0 aliphatic heterocycles. The second kappa shape index (κ2) is 8.66. The largest absolute Gasteiger partial charge is 0.454 e. The molecule has 8 nitrogen and oxygen atoms in total. The van der Waals surface area contributed by atoms with E-state index in [2.05, 4.69) is 20.2 Å². The van der Waals surface area contributed by atoms with Crippen molar-refractivity contribution in [3.63, 3.8) is 0 Å². The average Bonchev–Trinajstić information content (AvgIpc) is 3.16. The van der Waals surface area contributed by atoms with Crippen LogP contribution in [0.3, 0.4) is 0 Å². The standard InChI is InChI=1S/C22H21F2N5O3S/c1-4-33(30,31)28-16-6-8-20(32-21-7-5-15(23)10-18(21)24)17(11-16)14-9-19(25-3)22-27-26-13(2)29(22)12-14/h5-12,25,28H,4H2,1-3H3. The number of pyridine rings is 1. The van der Waals surface area contributed by atoms with Gasteiger partial charge in [-0.15, -0.1) is 10.2 Å². The first-order valence-electron chi connectivity index (χ1n) is 10.0. The van der Waals surface area contributed by atoms with Gasteiger partial charge in [0.25, 0.3) is 0 Å². The number of benzene rings is 2. The summed E-state index contributed by atoms with van der Waals surface area (Å²) in [4.78, 5) is 0. The zero-order chi connectivity index (χ0) is 23.8. The number of sulfonamides is 1. The van der Waals surface area contributed by atoms with Crippen LogP contribution in [0.2, 0.25) is 0 Å². The number of ether oxygens (including phenoxy) is 1. The third-order valence-corrected chi connectivity index (χ3v) is 6.31. The minimum absolute atomic E-state index is 0.100. The van der Waals surface area contributed by atoms with Crippen molar-refractivity contribution in [1.29, 1.82) is 0 Å². The summed E-state index contributed by atoms with van der Waals surface area (Å²) in [6, 6.07) is 9.42. The molecule has 0 saturated heterocycles. The van der Waals surface area contributed by atoms with E-state index in [1.54, 1.807) is 36.7 Å². The van der Waals surface area contributed by atoms with Crippen LogP contribution in [0, 0.1) is 18.6 Å². The summed E-state index contributed by atoms with van der Waals surface area (Å²) in [6.07, 6.45) is 1.77. The van der Waals surface area contributed by atoms with Crippen LogP contribution in [0.4, 0.5) is 20.2 Å². The number of aryl methyl sites for hydroxylation is 1. The molecule has 0 atom stereocenters. The second-order valence-corrected chi connectivity index (χ2v) is 9.24. The van der Waals surface area contributed by atoms with Gasteiger partial charge in [0.2, 0.25) is 10.0 Å². The number of hydrogen-bond donors (Lipinski definition) is 2. The lowest BCUT2D eigenvalue weighted by Gasteiger charge is -2.16. The molecular formula is C22H21F2N5O3S. The number of fused-ring (bicyclic) bond motifs is 1. The summed E-state index contributed by atoms with van der Waals surface area (Å²) < 4.78 is 61.8. The Balaban J connectivity index is 1.89. The van der Waals surface area contributed by atoms with E-state index in [4.69, 9.17) is 4.74 Å². The monoisotopic (exact) mass is 473 g/mol. The van der Waals surface area contributed by atoms with Gasteiger partial charge in [0.05, 0.1) is 11.4 Å². The first kappa shape index (κ1) is 22.5. The molecule has 4 aromatic rings. The molecule has 0 aliphatic rings. The Labute approximate surface area is 189 Å². The Morgan fingerprint density at radius 2 is 1.82 bits per heavy atom. The van der Waals surface area contributed by atoms with Crippen LogP contribution in [-0.2, 0) is 10.0 Å². The van der Waals surface area contributed by atoms with Gasteiger partial charge in [-0.1, -0.05) is 0 Å². The van der Waals surface area contributed by atoms with Gasteiger partial charge in [-0.2, -0.15) is 0 Å². The van der Waals surface area contributed by atoms with E-state index < -0.39 is 21.7 Å². The molecular weight excluding hydrogens is 452 g/mol. The summed E-state index contributed by atoms with van der Waals surface area (Å²) in [6.45, 7) is 3.32. The topological polar surface area (TPSA) is 97.6 Å². The van der Waals surface area contributed by atoms with Crippen LogP contribution < -0.4 is 14.8 Å². The maximum Gasteiger partial charge on any atom is 0.232 e. The number of nitrogens with zero attached hydrogens (tertiary/aromatic N) is 3. The van der Waals surface area contributed by atoms with E-state index in [1.165, 1.54) is 25.1 Å². The van der Waals surface area contributed by atoms with Crippen molar-refractivity contribution in [2.45, 2.75) is 13.8 Å². The molecule has 0 amide bonds. The lowest BCUT2D eigenvalue weighted by atomic mass is 10.0. The van der Waals surface area contributed by atoms with Gasteiger partial charge < -0.3 is 10.1 Å². The third kappa shape index (κ3) is 4.58. The summed E-state index contributed by atoms with van der Waals surface area (Å²) in [5.74, 6) is -0.980. The van der Waals surface area contributed by atoms with Gasteiger partial charge in [0.1, 0.15) is 17.4 Å². The molecule has 2 aromatic heterocycles. The maximum atomic E-state index is 14.3. The van der Waals surface area contributed by atoms with Gasteiger partial charge in [-0.05, 0) is 50.2 Å². The highest BCUT2D eigenvalue weighted by atomic mass is 32.2. The van der Waals surface area contributed by atoms with Crippen molar-refractivity contribution in [1.82, 2.24) is 14.6 Å². The Hall–Kier alpha value is -3.73. The van der Waals surface area contributed by atoms with Gasteiger partial charge in [-0.25, -0.2) is 17.2 Å². The molecule has 0 spiro atoms. The quantitative estimate of drug-likeness (QED) is 0.408. The fourth-order valence-corrected chi connectivity index (χ4v) is 3.90. The minimum Gasteiger partial charge on any atom is -0.454 e. The molecule has 4 rings (SSSR count). The third-order valence-electron chi connectivity index (χ3n) is 5.00. The molecule has 33 heavy (non-hydrogen) atoms. The molecule has 0 unspecified atom stereocenters. The van der Waals surface area contributed by atoms with Gasteiger partial charge in [0.15, 0.2) is 17.2 Å². The van der Waals surface area contributed by atoms with Crippen LogP contribution in [0.1, 0.15) is 12.7 Å². The van der Waals surface area contributed by atoms with Crippen molar-refractivity contribution in [2.75, 3.05) is 22.8 Å². The van der Waals surface area contributed by atoms with Crippen molar-refractivity contribution < 1.29 is 21.9 Å². The lowest BCUT2D eigenvalue weighted by Crippen LogP contribution is -2.14. The summed E-state index contributed by atoms with van der Waals surface area (Å²) >= 11 is 0. The summed E-state index contributed by atoms with van der Waals surface area (Å²) in [5.41, 5.74) is 2.69. The van der Waals surface area contributed by atoms with Crippen LogP contribution in [0.15, 0.2) is 48.7 Å². The summed E-state index contributed by atoms with van der Waals surface area (Å²) in [7, 11) is -1.79. The smallest absolute Gasteiger partial charge is 0.232 e. The van der Waals surface area contributed by atoms with E-state index in [9.17, 15) is 17.2 Å². The van der Waals surface area contributed by atoms with E-state index in [0.29, 0.717) is 34.0 Å². The van der Waals surface area contributed by atoms with E-state index in [1.807, 2.05) is 0 Å². The second-order valence-electron chi connectivity index (χ2n) is 7.23. The predicted octanol–water partition coefficient (Wildman–Crippen LogP) is 4.58. The molecule has 2 aromatic carbocycles. The first-order chi connectivity index (χ1) is 15.7. The van der Waals surface area contributed by atoms with Gasteiger partial charge >= 0.3 is 0 Å². The zero-order valence-electron chi connectivity index (χ0n) is 18.1. The van der Waals surface area contributed by atoms with Crippen LogP contribution in [0.25, 0.3) is 16.8 Å². The van der Waals surface area contributed by atoms with Crippen molar-refractivity contribution in [3.8, 4) is 22.6 Å². The molecule has 0 aliphatic carbocycles. The Morgan fingerprint density at radius 3 is 2.52 bits per heavy atom. The highest BCUT2D eigenvalue weighted by molar-refractivity contribution is 7.92. The number of rotatable bonds is 7. The number of nitrogens with one attached hydrogen (secondary N) is 2. The van der Waals surface area contributed by atoms with E-state index in [-0.39, 0.29) is 17.3 Å². The van der Waals surface area contributed by atoms with Crippen LogP contribution in [-0.4, -0.2) is 35.8 Å². The zero-order valence-corrected chi connectivity index (χ0v) is 18.9. The normalized spacial score (nSPS) is 11.5. The summed E-state index contributed by atoms with van der Waals surface area (Å²) in [5, 5.41) is 11.3. The SMILES string of the molecule is CCS(=O)(=O)Nc1ccc(Oc2ccc(F)cc2F)c(-c2cc(NC)c3nnc(C)n3c2)c1. The highest BCUT2D eigenvalue weighted by Crippen LogP contribution is 2.38. The van der Waals surface area contributed by atoms with Gasteiger partial charge in [0, 0.05) is 36.1 Å². The average molecular weight is 474 g/mol. The molecule has 172 valence electrons. The van der Waals surface area contributed by atoms with Crippen LogP contribution >= 0.6 is 0 Å². The van der Waals surface area contributed by atoms with Gasteiger partial charge in [-0.3, -0.25) is 9.12 Å². The number of hydrogen-bond acceptors (Lipinski definition) is 6. The Kier molecular flexibility index (Phi) is 5.90. The highest BCUT2D eigenvalue weighted by Gasteiger charge is 2.17. The minimum atomic E-state index is -3.53. The van der Waals surface area contributed by atoms with Crippen molar-refractivity contribution in [2.24, 2.45) is 0 Å². The molecule has 11 heteroatoms. The molecule has 0 saturated carbocycles. The number of anilines is 2. The van der Waals surface area contributed by atoms with E-state index >= 15 is 0 Å². The predicted molar refractivity (Wildman–Crippen MR) is 122 cm³/mol. The number of aromatic nitrogens is 3. The van der Waals surface area contributed by atoms with Crippen LogP contribution in [0.5, 0.6) is 11.5 Å². The van der Waals surface area contributed by atoms with Crippen molar-refractivity contribution >= 4 is 27.0 Å². The van der Waals surface area contributed by atoms with E-state index in [0.717, 1.165) is 12.1 Å². The molecule has 2 N–H and O–H groups in total. The fourth-order valence-electron chi connectivity index (χ4n) is 3.27. The molecule has 2 heterocycles. The molecule has 0 radical (unpaired) electrons. The Morgan fingerprint density at radius 1 is 1.06 bits per heavy atom. The Bertz CT molecular complexity index is 1450.